The molecule has 0 saturated carbocycles. The van der Waals surface area contributed by atoms with Crippen molar-refractivity contribution < 1.29 is 9.32 Å². The van der Waals surface area contributed by atoms with Crippen LogP contribution in [0.3, 0.4) is 0 Å². The Balaban J connectivity index is 2.20. The van der Waals surface area contributed by atoms with Crippen LogP contribution in [0.4, 0.5) is 0 Å². The van der Waals surface area contributed by atoms with Crippen LogP contribution >= 0.6 is 0 Å². The van der Waals surface area contributed by atoms with E-state index in [-0.39, 0.29) is 11.3 Å². The Labute approximate surface area is 117 Å². The Morgan fingerprint density at radius 1 is 1.47 bits per heavy atom. The fourth-order valence-electron chi connectivity index (χ4n) is 2.95. The summed E-state index contributed by atoms with van der Waals surface area (Å²) in [5.74, 6) is 0.842. The minimum atomic E-state index is -0.812. The van der Waals surface area contributed by atoms with Crippen molar-refractivity contribution >= 4 is 10.8 Å². The molecule has 19 heavy (non-hydrogen) atoms. The summed E-state index contributed by atoms with van der Waals surface area (Å²) in [6.45, 7) is 7.00. The van der Waals surface area contributed by atoms with Gasteiger partial charge in [-0.15, -0.1) is 0 Å². The van der Waals surface area contributed by atoms with Gasteiger partial charge in [0.05, 0.1) is 0 Å². The molecule has 1 aromatic rings. The highest BCUT2D eigenvalue weighted by molar-refractivity contribution is 7.84. The maximum atomic E-state index is 11.4. The second-order valence-electron chi connectivity index (χ2n) is 5.64. The molecule has 1 aromatic carbocycles. The third-order valence-corrected chi connectivity index (χ3v) is 5.43. The van der Waals surface area contributed by atoms with Crippen LogP contribution in [0.2, 0.25) is 0 Å². The van der Waals surface area contributed by atoms with Crippen LogP contribution in [0, 0.1) is 6.92 Å². The van der Waals surface area contributed by atoms with Gasteiger partial charge in [0.25, 0.3) is 0 Å². The third kappa shape index (κ3) is 2.84. The molecular formula is C15H23NO2S. The van der Waals surface area contributed by atoms with E-state index in [2.05, 4.69) is 19.2 Å². The molecule has 4 atom stereocenters. The normalized spacial score (nSPS) is 25.1. The first-order valence-corrected chi connectivity index (χ1v) is 8.42. The second-order valence-corrected chi connectivity index (χ2v) is 7.44. The number of rotatable bonds is 4. The van der Waals surface area contributed by atoms with E-state index in [0.29, 0.717) is 18.2 Å². The summed E-state index contributed by atoms with van der Waals surface area (Å²) in [6.07, 6.45) is 2.73. The molecule has 0 saturated heterocycles. The first-order valence-electron chi connectivity index (χ1n) is 6.79. The summed E-state index contributed by atoms with van der Waals surface area (Å²) in [7, 11) is -0.812. The number of nitrogens with one attached hydrogen (secondary N) is 1. The topological polar surface area (TPSA) is 49.3 Å². The Morgan fingerprint density at radius 3 is 2.79 bits per heavy atom. The van der Waals surface area contributed by atoms with Crippen LogP contribution < -0.4 is 5.32 Å². The van der Waals surface area contributed by atoms with Gasteiger partial charge in [0.2, 0.25) is 0 Å². The van der Waals surface area contributed by atoms with E-state index in [1.807, 2.05) is 13.0 Å². The molecule has 1 aliphatic carbocycles. The van der Waals surface area contributed by atoms with Gasteiger partial charge in [-0.2, -0.15) is 0 Å². The molecule has 0 radical (unpaired) electrons. The molecule has 1 aliphatic rings. The van der Waals surface area contributed by atoms with E-state index in [4.69, 9.17) is 0 Å². The lowest BCUT2D eigenvalue weighted by atomic mass is 9.97. The van der Waals surface area contributed by atoms with Crippen LogP contribution in [0.5, 0.6) is 5.75 Å². The molecule has 0 amide bonds. The zero-order chi connectivity index (χ0) is 14.2. The molecule has 0 heterocycles. The van der Waals surface area contributed by atoms with Crippen LogP contribution in [0.15, 0.2) is 12.1 Å². The number of hydrogen-bond acceptors (Lipinski definition) is 3. The summed E-state index contributed by atoms with van der Waals surface area (Å²) in [5.41, 5.74) is 3.57. The second kappa shape index (κ2) is 5.63. The van der Waals surface area contributed by atoms with E-state index < -0.39 is 10.8 Å². The average molecular weight is 281 g/mol. The number of phenols is 1. The van der Waals surface area contributed by atoms with E-state index in [1.54, 1.807) is 12.3 Å². The maximum absolute atomic E-state index is 11.4. The number of hydrogen-bond donors (Lipinski definition) is 2. The lowest BCUT2D eigenvalue weighted by Gasteiger charge is -2.18. The van der Waals surface area contributed by atoms with E-state index in [0.717, 1.165) is 12.0 Å². The van der Waals surface area contributed by atoms with Crippen molar-refractivity contribution in [1.29, 1.82) is 0 Å². The number of benzene rings is 1. The third-order valence-electron chi connectivity index (χ3n) is 4.13. The number of aryl methyl sites for hydroxylation is 1. The monoisotopic (exact) mass is 281 g/mol. The first kappa shape index (κ1) is 14.5. The fourth-order valence-corrected chi connectivity index (χ4v) is 3.29. The molecule has 4 heteroatoms. The molecule has 2 rings (SSSR count). The van der Waals surface area contributed by atoms with E-state index >= 15 is 0 Å². The van der Waals surface area contributed by atoms with Gasteiger partial charge in [-0.1, -0.05) is 13.0 Å². The molecule has 0 spiro atoms. The van der Waals surface area contributed by atoms with Crippen LogP contribution in [0.25, 0.3) is 0 Å². The van der Waals surface area contributed by atoms with Crippen molar-refractivity contribution in [1.82, 2.24) is 5.32 Å². The SMILES string of the molecule is Cc1ccc(O)c2c1C(C)CC2NCC(C)S(C)=O. The highest BCUT2D eigenvalue weighted by Gasteiger charge is 2.32. The standard InChI is InChI=1S/C15H23NO2S/c1-9-5-6-13(17)15-12(7-10(2)14(9)15)16-8-11(3)19(4)18/h5-6,10-12,16-17H,7-8H2,1-4H3. The smallest absolute Gasteiger partial charge is 0.120 e. The van der Waals surface area contributed by atoms with Gasteiger partial charge >= 0.3 is 0 Å². The maximum Gasteiger partial charge on any atom is 0.120 e. The zero-order valence-electron chi connectivity index (χ0n) is 12.1. The Bertz CT molecular complexity index is 501. The lowest BCUT2D eigenvalue weighted by molar-refractivity contribution is 0.446. The molecule has 2 N–H and O–H groups in total. The van der Waals surface area contributed by atoms with E-state index in [9.17, 15) is 9.32 Å². The molecule has 0 aliphatic heterocycles. The minimum absolute atomic E-state index is 0.131. The van der Waals surface area contributed by atoms with Crippen LogP contribution in [-0.4, -0.2) is 27.4 Å². The Hall–Kier alpha value is -0.870. The van der Waals surface area contributed by atoms with Gasteiger partial charge in [-0.05, 0) is 43.4 Å². The van der Waals surface area contributed by atoms with Crippen molar-refractivity contribution in [3.63, 3.8) is 0 Å². The van der Waals surface area contributed by atoms with Gasteiger partial charge in [0, 0.05) is 40.5 Å². The number of fused-ring (bicyclic) bond motifs is 1. The van der Waals surface area contributed by atoms with Crippen molar-refractivity contribution in [2.45, 2.75) is 44.4 Å². The number of phenolic OH excluding ortho intramolecular Hbond substituents is 1. The van der Waals surface area contributed by atoms with Crippen molar-refractivity contribution in [3.8, 4) is 5.75 Å². The first-order chi connectivity index (χ1) is 8.91. The molecule has 3 nitrogen and oxygen atoms in total. The molecular weight excluding hydrogens is 258 g/mol. The summed E-state index contributed by atoms with van der Waals surface area (Å²) in [4.78, 5) is 0. The molecule has 0 aromatic heterocycles. The van der Waals surface area contributed by atoms with Crippen LogP contribution in [0.1, 0.15) is 48.9 Å². The van der Waals surface area contributed by atoms with Gasteiger partial charge in [-0.25, -0.2) is 0 Å². The fraction of sp³-hybridized carbons (Fsp3) is 0.600. The Kier molecular flexibility index (Phi) is 4.31. The van der Waals surface area contributed by atoms with E-state index in [1.165, 1.54) is 11.1 Å². The predicted molar refractivity (Wildman–Crippen MR) is 80.1 cm³/mol. The van der Waals surface area contributed by atoms with Crippen LogP contribution in [-0.2, 0) is 10.8 Å². The summed E-state index contributed by atoms with van der Waals surface area (Å²) in [5, 5.41) is 13.7. The summed E-state index contributed by atoms with van der Waals surface area (Å²) >= 11 is 0. The largest absolute Gasteiger partial charge is 0.508 e. The number of aromatic hydroxyl groups is 1. The summed E-state index contributed by atoms with van der Waals surface area (Å²) < 4.78 is 11.4. The summed E-state index contributed by atoms with van der Waals surface area (Å²) in [6, 6.07) is 3.94. The highest BCUT2D eigenvalue weighted by atomic mass is 32.2. The minimum Gasteiger partial charge on any atom is -0.508 e. The van der Waals surface area contributed by atoms with Gasteiger partial charge in [0.1, 0.15) is 5.75 Å². The van der Waals surface area contributed by atoms with Gasteiger partial charge < -0.3 is 10.4 Å². The van der Waals surface area contributed by atoms with Crippen molar-refractivity contribution in [2.75, 3.05) is 12.8 Å². The quantitative estimate of drug-likeness (QED) is 0.892. The predicted octanol–water partition coefficient (Wildman–Crippen LogP) is 2.61. The molecule has 4 unspecified atom stereocenters. The highest BCUT2D eigenvalue weighted by Crippen LogP contribution is 2.45. The molecule has 0 bridgehead atoms. The van der Waals surface area contributed by atoms with Crippen molar-refractivity contribution in [2.24, 2.45) is 0 Å². The Morgan fingerprint density at radius 2 is 2.16 bits per heavy atom. The van der Waals surface area contributed by atoms with Crippen molar-refractivity contribution in [3.05, 3.63) is 28.8 Å². The zero-order valence-corrected chi connectivity index (χ0v) is 12.9. The van der Waals surface area contributed by atoms with Gasteiger partial charge in [0.15, 0.2) is 0 Å². The van der Waals surface area contributed by atoms with Gasteiger partial charge in [-0.3, -0.25) is 4.21 Å². The lowest BCUT2D eigenvalue weighted by Crippen LogP contribution is -2.30. The molecule has 0 fully saturated rings. The molecule has 106 valence electrons. The average Bonchev–Trinajstić information content (AvgIpc) is 2.69.